The summed E-state index contributed by atoms with van der Waals surface area (Å²) in [6.45, 7) is -0.0320. The standard InChI is InChI=1S/C12H22N4O3/c1-14-9(17)8-16(2)11(18)12(10(13)15-19)6-4-3-5-7-12/h19H,3-8H2,1-2H3,(H2,13,15)(H,14,17). The summed E-state index contributed by atoms with van der Waals surface area (Å²) in [5, 5.41) is 14.4. The first-order valence-corrected chi connectivity index (χ1v) is 6.42. The van der Waals surface area contributed by atoms with E-state index in [4.69, 9.17) is 10.9 Å². The maximum absolute atomic E-state index is 12.5. The number of carbonyl (C=O) groups is 2. The van der Waals surface area contributed by atoms with E-state index in [1.165, 1.54) is 11.9 Å². The first kappa shape index (κ1) is 15.3. The Morgan fingerprint density at radius 3 is 2.42 bits per heavy atom. The quantitative estimate of drug-likeness (QED) is 0.286. The minimum Gasteiger partial charge on any atom is -0.409 e. The van der Waals surface area contributed by atoms with Crippen LogP contribution in [0, 0.1) is 5.41 Å². The number of amides is 2. The SMILES string of the molecule is CNC(=O)CN(C)C(=O)C1(C(N)=NO)CCCCC1. The fraction of sp³-hybridized carbons (Fsp3) is 0.750. The Morgan fingerprint density at radius 1 is 1.37 bits per heavy atom. The second kappa shape index (κ2) is 6.40. The molecule has 0 aromatic heterocycles. The largest absolute Gasteiger partial charge is 0.409 e. The monoisotopic (exact) mass is 270 g/mol. The predicted molar refractivity (Wildman–Crippen MR) is 70.6 cm³/mol. The third-order valence-corrected chi connectivity index (χ3v) is 3.72. The van der Waals surface area contributed by atoms with Gasteiger partial charge in [-0.2, -0.15) is 0 Å². The number of carbonyl (C=O) groups excluding carboxylic acids is 2. The van der Waals surface area contributed by atoms with Crippen molar-refractivity contribution in [1.29, 1.82) is 0 Å². The molecule has 19 heavy (non-hydrogen) atoms. The summed E-state index contributed by atoms with van der Waals surface area (Å²) in [6.07, 6.45) is 3.86. The molecule has 108 valence electrons. The van der Waals surface area contributed by atoms with Gasteiger partial charge in [0.2, 0.25) is 11.8 Å². The van der Waals surface area contributed by atoms with Gasteiger partial charge < -0.3 is 21.2 Å². The number of nitrogens with zero attached hydrogens (tertiary/aromatic N) is 2. The minimum absolute atomic E-state index is 0.0320. The van der Waals surface area contributed by atoms with E-state index < -0.39 is 5.41 Å². The van der Waals surface area contributed by atoms with Crippen LogP contribution in [0.15, 0.2) is 5.16 Å². The third kappa shape index (κ3) is 3.15. The average molecular weight is 270 g/mol. The number of amidine groups is 1. The summed E-state index contributed by atoms with van der Waals surface area (Å²) >= 11 is 0. The van der Waals surface area contributed by atoms with Gasteiger partial charge in [0.05, 0.1) is 6.54 Å². The van der Waals surface area contributed by atoms with Crippen molar-refractivity contribution < 1.29 is 14.8 Å². The van der Waals surface area contributed by atoms with Gasteiger partial charge in [-0.25, -0.2) is 0 Å². The molecule has 1 aliphatic rings. The lowest BCUT2D eigenvalue weighted by atomic mass is 9.72. The van der Waals surface area contributed by atoms with Crippen LogP contribution in [0.2, 0.25) is 0 Å². The van der Waals surface area contributed by atoms with Crippen molar-refractivity contribution in [1.82, 2.24) is 10.2 Å². The minimum atomic E-state index is -0.963. The van der Waals surface area contributed by atoms with Gasteiger partial charge in [-0.3, -0.25) is 9.59 Å². The van der Waals surface area contributed by atoms with Gasteiger partial charge in [0.25, 0.3) is 0 Å². The van der Waals surface area contributed by atoms with Crippen LogP contribution < -0.4 is 11.1 Å². The molecule has 1 fully saturated rings. The Hall–Kier alpha value is -1.79. The van der Waals surface area contributed by atoms with Gasteiger partial charge >= 0.3 is 0 Å². The molecule has 7 nitrogen and oxygen atoms in total. The first-order valence-electron chi connectivity index (χ1n) is 6.42. The van der Waals surface area contributed by atoms with Crippen LogP contribution in [-0.4, -0.2) is 48.4 Å². The summed E-state index contributed by atoms with van der Waals surface area (Å²) < 4.78 is 0. The highest BCUT2D eigenvalue weighted by Gasteiger charge is 2.45. The van der Waals surface area contributed by atoms with Gasteiger partial charge in [-0.05, 0) is 12.8 Å². The number of likely N-dealkylation sites (N-methyl/N-ethyl adjacent to an activating group) is 2. The van der Waals surface area contributed by atoms with E-state index in [9.17, 15) is 9.59 Å². The molecule has 0 aromatic carbocycles. The maximum Gasteiger partial charge on any atom is 0.239 e. The summed E-state index contributed by atoms with van der Waals surface area (Å²) in [5.74, 6) is -0.562. The molecule has 1 saturated carbocycles. The lowest BCUT2D eigenvalue weighted by Crippen LogP contribution is -2.53. The van der Waals surface area contributed by atoms with Crippen LogP contribution in [0.5, 0.6) is 0 Å². The zero-order valence-corrected chi connectivity index (χ0v) is 11.5. The number of nitrogens with two attached hydrogens (primary N) is 1. The Bertz CT molecular complexity index is 375. The molecule has 4 N–H and O–H groups in total. The van der Waals surface area contributed by atoms with Crippen LogP contribution in [-0.2, 0) is 9.59 Å². The van der Waals surface area contributed by atoms with Crippen molar-refractivity contribution in [3.05, 3.63) is 0 Å². The zero-order chi connectivity index (χ0) is 14.5. The molecule has 1 rings (SSSR count). The molecular formula is C12H22N4O3. The first-order chi connectivity index (χ1) is 8.97. The van der Waals surface area contributed by atoms with E-state index in [0.717, 1.165) is 19.3 Å². The molecule has 0 heterocycles. The smallest absolute Gasteiger partial charge is 0.239 e. The highest BCUT2D eigenvalue weighted by atomic mass is 16.4. The van der Waals surface area contributed by atoms with Crippen LogP contribution in [0.1, 0.15) is 32.1 Å². The highest BCUT2D eigenvalue weighted by Crippen LogP contribution is 2.38. The van der Waals surface area contributed by atoms with Gasteiger partial charge in [0, 0.05) is 14.1 Å². The molecule has 2 amide bonds. The van der Waals surface area contributed by atoms with Crippen molar-refractivity contribution in [3.8, 4) is 0 Å². The predicted octanol–water partition coefficient (Wildman–Crippen LogP) is -0.112. The van der Waals surface area contributed by atoms with Gasteiger partial charge in [-0.15, -0.1) is 0 Å². The Morgan fingerprint density at radius 2 is 1.95 bits per heavy atom. The molecule has 0 atom stereocenters. The molecule has 0 spiro atoms. The second-order valence-electron chi connectivity index (χ2n) is 4.96. The van der Waals surface area contributed by atoms with Crippen LogP contribution in [0.25, 0.3) is 0 Å². The van der Waals surface area contributed by atoms with Crippen molar-refractivity contribution in [2.24, 2.45) is 16.3 Å². The number of oxime groups is 1. The van der Waals surface area contributed by atoms with Crippen molar-refractivity contribution in [2.45, 2.75) is 32.1 Å². The molecule has 0 radical (unpaired) electrons. The molecule has 0 unspecified atom stereocenters. The van der Waals surface area contributed by atoms with Crippen molar-refractivity contribution >= 4 is 17.6 Å². The van der Waals surface area contributed by atoms with Crippen LogP contribution in [0.4, 0.5) is 0 Å². The zero-order valence-electron chi connectivity index (χ0n) is 11.5. The Balaban J connectivity index is 2.92. The Labute approximate surface area is 112 Å². The van der Waals surface area contributed by atoms with E-state index in [2.05, 4.69) is 10.5 Å². The topological polar surface area (TPSA) is 108 Å². The van der Waals surface area contributed by atoms with Gasteiger partial charge in [0.1, 0.15) is 5.41 Å². The van der Waals surface area contributed by atoms with E-state index in [1.807, 2.05) is 0 Å². The maximum atomic E-state index is 12.5. The summed E-state index contributed by atoms with van der Waals surface area (Å²) in [5.41, 5.74) is 4.77. The molecule has 0 bridgehead atoms. The second-order valence-corrected chi connectivity index (χ2v) is 4.96. The van der Waals surface area contributed by atoms with Gasteiger partial charge in [-0.1, -0.05) is 24.4 Å². The Kier molecular flexibility index (Phi) is 5.14. The molecule has 1 aliphatic carbocycles. The van der Waals surface area contributed by atoms with Crippen molar-refractivity contribution in [3.63, 3.8) is 0 Å². The average Bonchev–Trinajstić information content (AvgIpc) is 2.45. The number of nitrogens with one attached hydrogen (secondary N) is 1. The fourth-order valence-electron chi connectivity index (χ4n) is 2.56. The summed E-state index contributed by atoms with van der Waals surface area (Å²) in [7, 11) is 3.07. The van der Waals surface area contributed by atoms with Crippen molar-refractivity contribution in [2.75, 3.05) is 20.6 Å². The summed E-state index contributed by atoms with van der Waals surface area (Å²) in [6, 6.07) is 0. The fourth-order valence-corrected chi connectivity index (χ4v) is 2.56. The number of hydrogen-bond donors (Lipinski definition) is 3. The van der Waals surface area contributed by atoms with Crippen LogP contribution >= 0.6 is 0 Å². The normalized spacial score (nSPS) is 18.7. The molecule has 0 aromatic rings. The molecule has 0 saturated heterocycles. The number of rotatable bonds is 4. The van der Waals surface area contributed by atoms with E-state index in [1.54, 1.807) is 7.05 Å². The highest BCUT2D eigenvalue weighted by molar-refractivity contribution is 6.07. The van der Waals surface area contributed by atoms with E-state index in [-0.39, 0.29) is 24.2 Å². The summed E-state index contributed by atoms with van der Waals surface area (Å²) in [4.78, 5) is 25.2. The van der Waals surface area contributed by atoms with E-state index in [0.29, 0.717) is 12.8 Å². The third-order valence-electron chi connectivity index (χ3n) is 3.72. The van der Waals surface area contributed by atoms with Crippen LogP contribution in [0.3, 0.4) is 0 Å². The number of hydrogen-bond acceptors (Lipinski definition) is 4. The molecular weight excluding hydrogens is 248 g/mol. The molecule has 7 heteroatoms. The lowest BCUT2D eigenvalue weighted by Gasteiger charge is -2.37. The lowest BCUT2D eigenvalue weighted by molar-refractivity contribution is -0.141. The molecule has 0 aliphatic heterocycles. The van der Waals surface area contributed by atoms with E-state index >= 15 is 0 Å². The van der Waals surface area contributed by atoms with Gasteiger partial charge in [0.15, 0.2) is 5.84 Å².